The quantitative estimate of drug-likeness (QED) is 0.758. The number of rotatable bonds is 5. The minimum Gasteiger partial charge on any atom is -0.469 e. The third-order valence-corrected chi connectivity index (χ3v) is 3.30. The number of nitrogens with zero attached hydrogens (tertiary/aromatic N) is 1. The summed E-state index contributed by atoms with van der Waals surface area (Å²) in [6.45, 7) is 3.98. The summed E-state index contributed by atoms with van der Waals surface area (Å²) >= 11 is 0. The first kappa shape index (κ1) is 13.5. The molecular formula is C17H18N2O2. The van der Waals surface area contributed by atoms with Crippen LogP contribution in [0.5, 0.6) is 0 Å². The molecule has 4 nitrogen and oxygen atoms in total. The van der Waals surface area contributed by atoms with Gasteiger partial charge in [0, 0.05) is 30.6 Å². The van der Waals surface area contributed by atoms with Crippen molar-refractivity contribution in [2.24, 2.45) is 0 Å². The van der Waals surface area contributed by atoms with Crippen LogP contribution in [0.15, 0.2) is 57.8 Å². The molecule has 0 saturated heterocycles. The molecule has 1 aromatic carbocycles. The summed E-state index contributed by atoms with van der Waals surface area (Å²) in [5.74, 6) is 1.67. The summed E-state index contributed by atoms with van der Waals surface area (Å²) in [5.41, 5.74) is 3.00. The van der Waals surface area contributed by atoms with Gasteiger partial charge in [-0.25, -0.2) is 4.98 Å². The average Bonchev–Trinajstić information content (AvgIpc) is 3.11. The molecule has 1 atom stereocenters. The van der Waals surface area contributed by atoms with Gasteiger partial charge < -0.3 is 14.2 Å². The molecule has 0 aliphatic rings. The molecule has 0 bridgehead atoms. The molecular weight excluding hydrogens is 264 g/mol. The highest BCUT2D eigenvalue weighted by molar-refractivity contribution is 5.61. The first-order valence-corrected chi connectivity index (χ1v) is 7.02. The molecule has 108 valence electrons. The Balaban J connectivity index is 1.64. The predicted molar refractivity (Wildman–Crippen MR) is 82.2 cm³/mol. The van der Waals surface area contributed by atoms with E-state index in [-0.39, 0.29) is 0 Å². The Morgan fingerprint density at radius 1 is 1.14 bits per heavy atom. The number of aromatic nitrogens is 1. The summed E-state index contributed by atoms with van der Waals surface area (Å²) in [6.07, 6.45) is 4.24. The molecule has 1 N–H and O–H groups in total. The fourth-order valence-corrected chi connectivity index (χ4v) is 2.30. The van der Waals surface area contributed by atoms with Crippen molar-refractivity contribution in [3.05, 3.63) is 60.6 Å². The normalized spacial score (nSPS) is 12.3. The third-order valence-electron chi connectivity index (χ3n) is 3.30. The largest absolute Gasteiger partial charge is 0.469 e. The summed E-state index contributed by atoms with van der Waals surface area (Å²) in [4.78, 5) is 4.32. The molecule has 0 radical (unpaired) electrons. The Bertz CT molecular complexity index is 684. The van der Waals surface area contributed by atoms with E-state index in [1.54, 1.807) is 12.5 Å². The number of oxazole rings is 1. The maximum atomic E-state index is 5.36. The second-order valence-corrected chi connectivity index (χ2v) is 5.16. The van der Waals surface area contributed by atoms with Gasteiger partial charge in [-0.1, -0.05) is 12.1 Å². The van der Waals surface area contributed by atoms with Gasteiger partial charge in [0.05, 0.1) is 6.26 Å². The van der Waals surface area contributed by atoms with Gasteiger partial charge in [0.1, 0.15) is 17.7 Å². The molecule has 2 heterocycles. The zero-order valence-electron chi connectivity index (χ0n) is 12.2. The Hall–Kier alpha value is -2.49. The van der Waals surface area contributed by atoms with E-state index in [1.165, 1.54) is 0 Å². The second kappa shape index (κ2) is 5.87. The molecule has 3 rings (SSSR count). The van der Waals surface area contributed by atoms with Crippen molar-refractivity contribution in [1.29, 1.82) is 0 Å². The first-order chi connectivity index (χ1) is 10.2. The summed E-state index contributed by atoms with van der Waals surface area (Å²) in [5, 5.41) is 3.46. The highest BCUT2D eigenvalue weighted by Crippen LogP contribution is 2.21. The molecule has 0 aliphatic heterocycles. The number of hydrogen-bond donors (Lipinski definition) is 1. The Labute approximate surface area is 123 Å². The van der Waals surface area contributed by atoms with Crippen LogP contribution < -0.4 is 5.32 Å². The summed E-state index contributed by atoms with van der Waals surface area (Å²) in [7, 11) is 0. The van der Waals surface area contributed by atoms with Crippen LogP contribution in [0.4, 0.5) is 5.69 Å². The molecule has 4 heteroatoms. The highest BCUT2D eigenvalue weighted by Gasteiger charge is 2.07. The zero-order chi connectivity index (χ0) is 14.7. The van der Waals surface area contributed by atoms with Gasteiger partial charge in [-0.3, -0.25) is 0 Å². The average molecular weight is 282 g/mol. The molecule has 21 heavy (non-hydrogen) atoms. The van der Waals surface area contributed by atoms with Crippen LogP contribution >= 0.6 is 0 Å². The van der Waals surface area contributed by atoms with E-state index in [0.29, 0.717) is 11.9 Å². The lowest BCUT2D eigenvalue weighted by Gasteiger charge is -2.14. The fraction of sp³-hybridized carbons (Fsp3) is 0.235. The maximum Gasteiger partial charge on any atom is 0.191 e. The predicted octanol–water partition coefficient (Wildman–Crippen LogP) is 4.29. The van der Waals surface area contributed by atoms with Gasteiger partial charge >= 0.3 is 0 Å². The number of benzene rings is 1. The number of nitrogens with one attached hydrogen (secondary N) is 1. The van der Waals surface area contributed by atoms with Gasteiger partial charge in [0.25, 0.3) is 0 Å². The van der Waals surface area contributed by atoms with Crippen LogP contribution in [0.25, 0.3) is 11.3 Å². The molecule has 0 fully saturated rings. The molecule has 0 aliphatic carbocycles. The Morgan fingerprint density at radius 3 is 2.57 bits per heavy atom. The van der Waals surface area contributed by atoms with Crippen LogP contribution in [0.2, 0.25) is 0 Å². The minimum absolute atomic E-state index is 0.302. The molecule has 0 saturated carbocycles. The van der Waals surface area contributed by atoms with E-state index >= 15 is 0 Å². The highest BCUT2D eigenvalue weighted by atomic mass is 16.3. The zero-order valence-corrected chi connectivity index (χ0v) is 12.2. The second-order valence-electron chi connectivity index (χ2n) is 5.16. The van der Waals surface area contributed by atoms with E-state index in [9.17, 15) is 0 Å². The number of furan rings is 1. The number of aryl methyl sites for hydroxylation is 1. The van der Waals surface area contributed by atoms with Gasteiger partial charge in [-0.2, -0.15) is 0 Å². The minimum atomic E-state index is 0.302. The van der Waals surface area contributed by atoms with E-state index in [1.807, 2.05) is 31.2 Å². The van der Waals surface area contributed by atoms with Crippen molar-refractivity contribution >= 4 is 5.69 Å². The maximum absolute atomic E-state index is 5.36. The Kier molecular flexibility index (Phi) is 3.77. The smallest absolute Gasteiger partial charge is 0.191 e. The van der Waals surface area contributed by atoms with Crippen molar-refractivity contribution in [3.63, 3.8) is 0 Å². The van der Waals surface area contributed by atoms with Gasteiger partial charge in [-0.15, -0.1) is 0 Å². The SMILES string of the molecule is Cc1nc(-c2ccc(NC(C)Cc3ccco3)cc2)co1. The molecule has 3 aromatic rings. The topological polar surface area (TPSA) is 51.2 Å². The van der Waals surface area contributed by atoms with Crippen molar-refractivity contribution in [1.82, 2.24) is 4.98 Å². The number of anilines is 1. The van der Waals surface area contributed by atoms with Crippen molar-refractivity contribution < 1.29 is 8.83 Å². The van der Waals surface area contributed by atoms with Gasteiger partial charge in [0.15, 0.2) is 5.89 Å². The van der Waals surface area contributed by atoms with Crippen molar-refractivity contribution in [3.8, 4) is 11.3 Å². The lowest BCUT2D eigenvalue weighted by molar-refractivity contribution is 0.498. The van der Waals surface area contributed by atoms with E-state index in [2.05, 4.69) is 29.4 Å². The summed E-state index contributed by atoms with van der Waals surface area (Å²) < 4.78 is 10.6. The third kappa shape index (κ3) is 3.34. The fourth-order valence-electron chi connectivity index (χ4n) is 2.30. The molecule has 2 aromatic heterocycles. The van der Waals surface area contributed by atoms with Crippen molar-refractivity contribution in [2.75, 3.05) is 5.32 Å². The van der Waals surface area contributed by atoms with Crippen molar-refractivity contribution in [2.45, 2.75) is 26.3 Å². The molecule has 0 spiro atoms. The van der Waals surface area contributed by atoms with Crippen LogP contribution in [0, 0.1) is 6.92 Å². The van der Waals surface area contributed by atoms with E-state index in [0.717, 1.165) is 29.1 Å². The van der Waals surface area contributed by atoms with Gasteiger partial charge in [0.2, 0.25) is 0 Å². The van der Waals surface area contributed by atoms with Crippen LogP contribution in [0.3, 0.4) is 0 Å². The van der Waals surface area contributed by atoms with Crippen LogP contribution in [-0.2, 0) is 6.42 Å². The van der Waals surface area contributed by atoms with E-state index < -0.39 is 0 Å². The lowest BCUT2D eigenvalue weighted by Crippen LogP contribution is -2.17. The van der Waals surface area contributed by atoms with Crippen LogP contribution in [-0.4, -0.2) is 11.0 Å². The van der Waals surface area contributed by atoms with Crippen LogP contribution in [0.1, 0.15) is 18.6 Å². The standard InChI is InChI=1S/C17H18N2O2/c1-12(10-16-4-3-9-20-16)18-15-7-5-14(6-8-15)17-11-21-13(2)19-17/h3-9,11-12,18H,10H2,1-2H3. The van der Waals surface area contributed by atoms with E-state index in [4.69, 9.17) is 8.83 Å². The summed E-state index contributed by atoms with van der Waals surface area (Å²) in [6, 6.07) is 12.4. The Morgan fingerprint density at radius 2 is 1.95 bits per heavy atom. The first-order valence-electron chi connectivity index (χ1n) is 7.02. The number of hydrogen-bond acceptors (Lipinski definition) is 4. The van der Waals surface area contributed by atoms with Gasteiger partial charge in [-0.05, 0) is 31.2 Å². The molecule has 0 amide bonds. The monoisotopic (exact) mass is 282 g/mol. The molecule has 1 unspecified atom stereocenters. The lowest BCUT2D eigenvalue weighted by atomic mass is 10.1.